The van der Waals surface area contributed by atoms with Crippen molar-refractivity contribution in [1.82, 2.24) is 4.90 Å². The minimum absolute atomic E-state index is 0.152. The molecule has 0 radical (unpaired) electrons. The second-order valence-corrected chi connectivity index (χ2v) is 4.89. The fraction of sp³-hybridized carbons (Fsp3) is 0.769. The van der Waals surface area contributed by atoms with Crippen LogP contribution in [0, 0.1) is 22.7 Å². The first kappa shape index (κ1) is 14.5. The molecule has 2 amide bonds. The van der Waals surface area contributed by atoms with Crippen LogP contribution in [-0.2, 0) is 9.59 Å². The third-order valence-electron chi connectivity index (χ3n) is 3.94. The van der Waals surface area contributed by atoms with Crippen molar-refractivity contribution in [2.24, 2.45) is 17.1 Å². The van der Waals surface area contributed by atoms with Crippen molar-refractivity contribution in [2.75, 3.05) is 13.1 Å². The van der Waals surface area contributed by atoms with Gasteiger partial charge in [0.1, 0.15) is 5.41 Å². The van der Waals surface area contributed by atoms with Crippen molar-refractivity contribution in [2.45, 2.75) is 39.5 Å². The van der Waals surface area contributed by atoms with Crippen LogP contribution >= 0.6 is 0 Å². The van der Waals surface area contributed by atoms with Crippen molar-refractivity contribution in [3.63, 3.8) is 0 Å². The zero-order chi connectivity index (χ0) is 13.8. The van der Waals surface area contributed by atoms with E-state index in [2.05, 4.69) is 6.07 Å². The second-order valence-electron chi connectivity index (χ2n) is 4.89. The summed E-state index contributed by atoms with van der Waals surface area (Å²) < 4.78 is 0. The third-order valence-corrected chi connectivity index (χ3v) is 3.94. The van der Waals surface area contributed by atoms with Crippen LogP contribution in [0.25, 0.3) is 0 Å². The molecule has 0 aromatic rings. The van der Waals surface area contributed by atoms with E-state index in [1.165, 1.54) is 0 Å². The zero-order valence-electron chi connectivity index (χ0n) is 11.1. The number of nitrogens with zero attached hydrogens (tertiary/aromatic N) is 2. The first-order valence-electron chi connectivity index (χ1n) is 6.50. The SMILES string of the molecule is CCC(C#N)(CC)C(=O)N1CCCC(C(N)=O)C1. The molecule has 2 N–H and O–H groups in total. The maximum atomic E-state index is 12.4. The Labute approximate surface area is 108 Å². The molecule has 1 atom stereocenters. The highest BCUT2D eigenvalue weighted by Gasteiger charge is 2.40. The number of carbonyl (C=O) groups is 2. The van der Waals surface area contributed by atoms with Gasteiger partial charge in [-0.2, -0.15) is 5.26 Å². The minimum atomic E-state index is -0.945. The molecule has 0 spiro atoms. The molecule has 1 aliphatic rings. The summed E-state index contributed by atoms with van der Waals surface area (Å²) in [6.07, 6.45) is 2.50. The zero-order valence-corrected chi connectivity index (χ0v) is 11.1. The fourth-order valence-electron chi connectivity index (χ4n) is 2.45. The van der Waals surface area contributed by atoms with Gasteiger partial charge in [-0.25, -0.2) is 0 Å². The van der Waals surface area contributed by atoms with E-state index < -0.39 is 5.41 Å². The average Bonchev–Trinajstić information content (AvgIpc) is 2.41. The van der Waals surface area contributed by atoms with E-state index in [1.807, 2.05) is 13.8 Å². The lowest BCUT2D eigenvalue weighted by molar-refractivity contribution is -0.142. The number of primary amides is 1. The van der Waals surface area contributed by atoms with Gasteiger partial charge in [0.15, 0.2) is 0 Å². The molecule has 0 saturated carbocycles. The Hall–Kier alpha value is -1.57. The number of hydrogen-bond acceptors (Lipinski definition) is 3. The van der Waals surface area contributed by atoms with Crippen LogP contribution in [0.2, 0.25) is 0 Å². The molecule has 5 nitrogen and oxygen atoms in total. The van der Waals surface area contributed by atoms with Gasteiger partial charge in [-0.1, -0.05) is 13.8 Å². The van der Waals surface area contributed by atoms with E-state index in [0.717, 1.165) is 12.8 Å². The van der Waals surface area contributed by atoms with Crippen molar-refractivity contribution in [3.05, 3.63) is 0 Å². The van der Waals surface area contributed by atoms with E-state index in [1.54, 1.807) is 4.90 Å². The first-order chi connectivity index (χ1) is 8.50. The van der Waals surface area contributed by atoms with Crippen molar-refractivity contribution < 1.29 is 9.59 Å². The molecule has 1 unspecified atom stereocenters. The topological polar surface area (TPSA) is 87.2 Å². The van der Waals surface area contributed by atoms with E-state index >= 15 is 0 Å². The molecule has 5 heteroatoms. The lowest BCUT2D eigenvalue weighted by atomic mass is 9.81. The third kappa shape index (κ3) is 2.63. The lowest BCUT2D eigenvalue weighted by Gasteiger charge is -2.36. The number of nitrogens with two attached hydrogens (primary N) is 1. The monoisotopic (exact) mass is 251 g/mol. The smallest absolute Gasteiger partial charge is 0.243 e. The van der Waals surface area contributed by atoms with Gasteiger partial charge in [-0.15, -0.1) is 0 Å². The molecular weight excluding hydrogens is 230 g/mol. The van der Waals surface area contributed by atoms with Crippen LogP contribution < -0.4 is 5.73 Å². The Bertz CT molecular complexity index is 369. The standard InChI is InChI=1S/C13H21N3O2/c1-3-13(4-2,9-14)12(18)16-7-5-6-10(8-16)11(15)17/h10H,3-8H2,1-2H3,(H2,15,17). The molecule has 0 aromatic carbocycles. The molecule has 0 aromatic heterocycles. The van der Waals surface area contributed by atoms with Gasteiger partial charge in [0, 0.05) is 13.1 Å². The quantitative estimate of drug-likeness (QED) is 0.809. The molecule has 1 aliphatic heterocycles. The molecule has 18 heavy (non-hydrogen) atoms. The van der Waals surface area contributed by atoms with Crippen LogP contribution in [-0.4, -0.2) is 29.8 Å². The highest BCUT2D eigenvalue weighted by molar-refractivity contribution is 5.86. The summed E-state index contributed by atoms with van der Waals surface area (Å²) in [5, 5.41) is 9.26. The van der Waals surface area contributed by atoms with Gasteiger partial charge in [0.2, 0.25) is 11.8 Å². The summed E-state index contributed by atoms with van der Waals surface area (Å²) in [5.74, 6) is -0.781. The summed E-state index contributed by atoms with van der Waals surface area (Å²) in [6.45, 7) is 4.67. The van der Waals surface area contributed by atoms with E-state index in [-0.39, 0.29) is 17.7 Å². The predicted molar refractivity (Wildman–Crippen MR) is 67.1 cm³/mol. The summed E-state index contributed by atoms with van der Waals surface area (Å²) >= 11 is 0. The summed E-state index contributed by atoms with van der Waals surface area (Å²) in [4.78, 5) is 25.3. The molecule has 1 fully saturated rings. The van der Waals surface area contributed by atoms with E-state index in [0.29, 0.717) is 25.9 Å². The molecule has 0 bridgehead atoms. The number of likely N-dealkylation sites (tertiary alicyclic amines) is 1. The molecule has 0 aliphatic carbocycles. The minimum Gasteiger partial charge on any atom is -0.369 e. The van der Waals surface area contributed by atoms with Gasteiger partial charge in [-0.05, 0) is 25.7 Å². The normalized spacial score (nSPS) is 20.3. The van der Waals surface area contributed by atoms with Gasteiger partial charge < -0.3 is 10.6 Å². The van der Waals surface area contributed by atoms with Crippen LogP contribution in [0.15, 0.2) is 0 Å². The maximum Gasteiger partial charge on any atom is 0.243 e. The number of piperidine rings is 1. The van der Waals surface area contributed by atoms with Crippen LogP contribution in [0.1, 0.15) is 39.5 Å². The van der Waals surface area contributed by atoms with Crippen LogP contribution in [0.4, 0.5) is 0 Å². The molecule has 100 valence electrons. The van der Waals surface area contributed by atoms with Gasteiger partial charge in [0.05, 0.1) is 12.0 Å². The number of hydrogen-bond donors (Lipinski definition) is 1. The summed E-state index contributed by atoms with van der Waals surface area (Å²) in [7, 11) is 0. The number of rotatable bonds is 4. The van der Waals surface area contributed by atoms with Gasteiger partial charge in [-0.3, -0.25) is 9.59 Å². The Kier molecular flexibility index (Phi) is 4.71. The number of nitriles is 1. The van der Waals surface area contributed by atoms with Crippen molar-refractivity contribution in [3.8, 4) is 6.07 Å². The van der Waals surface area contributed by atoms with E-state index in [4.69, 9.17) is 5.73 Å². The van der Waals surface area contributed by atoms with Gasteiger partial charge in [0.25, 0.3) is 0 Å². The van der Waals surface area contributed by atoms with Gasteiger partial charge >= 0.3 is 0 Å². The second kappa shape index (κ2) is 5.85. The van der Waals surface area contributed by atoms with Crippen LogP contribution in [0.3, 0.4) is 0 Å². The van der Waals surface area contributed by atoms with Crippen LogP contribution in [0.5, 0.6) is 0 Å². The number of carbonyl (C=O) groups excluding carboxylic acids is 2. The van der Waals surface area contributed by atoms with Crippen molar-refractivity contribution >= 4 is 11.8 Å². The number of amides is 2. The Morgan fingerprint density at radius 3 is 2.50 bits per heavy atom. The first-order valence-corrected chi connectivity index (χ1v) is 6.50. The maximum absolute atomic E-state index is 12.4. The highest BCUT2D eigenvalue weighted by Crippen LogP contribution is 2.30. The Morgan fingerprint density at radius 1 is 1.44 bits per heavy atom. The Morgan fingerprint density at radius 2 is 2.06 bits per heavy atom. The summed E-state index contributed by atoms with van der Waals surface area (Å²) in [5.41, 5.74) is 4.35. The molecule has 1 rings (SSSR count). The molecular formula is C13H21N3O2. The fourth-order valence-corrected chi connectivity index (χ4v) is 2.45. The summed E-state index contributed by atoms with van der Waals surface area (Å²) in [6, 6.07) is 2.15. The largest absolute Gasteiger partial charge is 0.369 e. The lowest BCUT2D eigenvalue weighted by Crippen LogP contribution is -2.49. The van der Waals surface area contributed by atoms with Crippen molar-refractivity contribution in [1.29, 1.82) is 5.26 Å². The average molecular weight is 251 g/mol. The molecule has 1 saturated heterocycles. The van der Waals surface area contributed by atoms with E-state index in [9.17, 15) is 14.9 Å². The Balaban J connectivity index is 2.84. The predicted octanol–water partition coefficient (Wildman–Crippen LogP) is 1.04. The highest BCUT2D eigenvalue weighted by atomic mass is 16.2. The molecule has 1 heterocycles.